The van der Waals surface area contributed by atoms with Crippen molar-refractivity contribution in [2.24, 2.45) is 5.16 Å². The number of carbonyl (C=O) groups is 1. The van der Waals surface area contributed by atoms with Crippen molar-refractivity contribution in [3.63, 3.8) is 0 Å². The van der Waals surface area contributed by atoms with Gasteiger partial charge in [0, 0.05) is 23.6 Å². The van der Waals surface area contributed by atoms with E-state index in [0.29, 0.717) is 6.07 Å². The Balaban J connectivity index is 1.54. The Morgan fingerprint density at radius 2 is 1.79 bits per heavy atom. The normalized spacial score (nSPS) is 21.5. The van der Waals surface area contributed by atoms with Crippen LogP contribution in [0.1, 0.15) is 28.8 Å². The van der Waals surface area contributed by atoms with Gasteiger partial charge in [0.15, 0.2) is 15.5 Å². The van der Waals surface area contributed by atoms with E-state index >= 15 is 4.39 Å². The maximum absolute atomic E-state index is 15.1. The number of hydrogen-bond donors (Lipinski definition) is 0. The van der Waals surface area contributed by atoms with Crippen LogP contribution in [0.2, 0.25) is 5.02 Å². The lowest BCUT2D eigenvalue weighted by atomic mass is 9.85. The molecule has 1 aromatic heterocycles. The molecule has 1 unspecified atom stereocenters. The molecule has 1 aromatic carbocycles. The Labute approximate surface area is 216 Å². The fraction of sp³-hybridized carbons (Fsp3) is 0.409. The summed E-state index contributed by atoms with van der Waals surface area (Å²) in [5, 5.41) is 2.66. The Morgan fingerprint density at radius 3 is 2.32 bits per heavy atom. The summed E-state index contributed by atoms with van der Waals surface area (Å²) in [6, 6.07) is 4.09. The predicted octanol–water partition coefficient (Wildman–Crippen LogP) is 4.39. The molecule has 0 radical (unpaired) electrons. The van der Waals surface area contributed by atoms with Gasteiger partial charge in [-0.2, -0.15) is 26.3 Å². The van der Waals surface area contributed by atoms with Crippen LogP contribution in [-0.2, 0) is 36.9 Å². The number of sulfone groups is 1. The van der Waals surface area contributed by atoms with Gasteiger partial charge in [0.2, 0.25) is 5.91 Å². The van der Waals surface area contributed by atoms with Crippen molar-refractivity contribution in [3.8, 4) is 0 Å². The first-order chi connectivity index (χ1) is 17.3. The molecule has 2 aliphatic heterocycles. The second kappa shape index (κ2) is 9.07. The average molecular weight is 588 g/mol. The number of oxime groups is 1. The van der Waals surface area contributed by atoms with Gasteiger partial charge in [-0.05, 0) is 24.3 Å². The first-order valence-electron chi connectivity index (χ1n) is 10.6. The van der Waals surface area contributed by atoms with E-state index in [4.69, 9.17) is 16.4 Å². The average Bonchev–Trinajstić information content (AvgIpc) is 3.22. The van der Waals surface area contributed by atoms with Crippen LogP contribution < -0.4 is 0 Å². The summed E-state index contributed by atoms with van der Waals surface area (Å²) in [6.07, 6.45) is -9.31. The molecule has 2 aromatic rings. The van der Waals surface area contributed by atoms with Gasteiger partial charge in [-0.3, -0.25) is 9.78 Å². The molecule has 4 rings (SSSR count). The van der Waals surface area contributed by atoms with Gasteiger partial charge in [-0.25, -0.2) is 12.8 Å². The largest absolute Gasteiger partial charge is 0.435 e. The molecule has 3 heterocycles. The monoisotopic (exact) mass is 587 g/mol. The van der Waals surface area contributed by atoms with E-state index in [-0.39, 0.29) is 23.0 Å². The second-order valence-corrected chi connectivity index (χ2v) is 11.6. The summed E-state index contributed by atoms with van der Waals surface area (Å²) >= 11 is 5.54. The zero-order chi connectivity index (χ0) is 28.3. The van der Waals surface area contributed by atoms with Gasteiger partial charge < -0.3 is 9.74 Å². The Hall–Kier alpha value is -2.94. The van der Waals surface area contributed by atoms with Crippen LogP contribution in [0.3, 0.4) is 0 Å². The minimum absolute atomic E-state index is 0.00202. The van der Waals surface area contributed by atoms with Crippen LogP contribution in [0.15, 0.2) is 41.7 Å². The number of carbonyl (C=O) groups excluding carboxylic acids is 1. The van der Waals surface area contributed by atoms with E-state index in [2.05, 4.69) is 10.1 Å². The minimum atomic E-state index is -5.18. The molecule has 0 aliphatic carbocycles. The van der Waals surface area contributed by atoms with E-state index in [0.717, 1.165) is 29.5 Å². The lowest BCUT2D eigenvalue weighted by Crippen LogP contribution is -2.60. The summed E-state index contributed by atoms with van der Waals surface area (Å²) in [4.78, 5) is 21.5. The molecule has 7 nitrogen and oxygen atoms in total. The SMILES string of the molecule is CS(=O)(=O)CC(=O)N1CC(F)(c2ccc(C3=NOC(c4ccc(Cl)c(C(F)(F)F)c4)(C(F)(F)F)C3)cn2)C1. The number of aromatic nitrogens is 1. The quantitative estimate of drug-likeness (QED) is 0.484. The van der Waals surface area contributed by atoms with Gasteiger partial charge in [0.05, 0.1) is 41.5 Å². The van der Waals surface area contributed by atoms with Gasteiger partial charge in [0.1, 0.15) is 5.75 Å². The highest BCUT2D eigenvalue weighted by Gasteiger charge is 2.62. The van der Waals surface area contributed by atoms with Crippen LogP contribution in [0.5, 0.6) is 0 Å². The second-order valence-electron chi connectivity index (χ2n) is 9.04. The van der Waals surface area contributed by atoms with Crippen molar-refractivity contribution in [2.75, 3.05) is 25.1 Å². The van der Waals surface area contributed by atoms with Crippen molar-refractivity contribution in [1.29, 1.82) is 0 Å². The summed E-state index contributed by atoms with van der Waals surface area (Å²) in [6.45, 7) is -0.930. The Bertz CT molecular complexity index is 1410. The molecule has 1 amide bonds. The van der Waals surface area contributed by atoms with Crippen molar-refractivity contribution < 1.29 is 48.8 Å². The minimum Gasteiger partial charge on any atom is -0.374 e. The smallest absolute Gasteiger partial charge is 0.374 e. The third kappa shape index (κ3) is 5.17. The molecule has 0 saturated carbocycles. The van der Waals surface area contributed by atoms with E-state index < -0.39 is 80.8 Å². The van der Waals surface area contributed by atoms with E-state index in [1.54, 1.807) is 0 Å². The number of halogens is 8. The van der Waals surface area contributed by atoms with Crippen LogP contribution in [0.4, 0.5) is 30.7 Å². The summed E-state index contributed by atoms with van der Waals surface area (Å²) in [5.41, 5.74) is -8.12. The fourth-order valence-corrected chi connectivity index (χ4v) is 4.95. The molecule has 2 aliphatic rings. The summed E-state index contributed by atoms with van der Waals surface area (Å²) in [7, 11) is -3.61. The molecule has 0 N–H and O–H groups in total. The molecule has 1 fully saturated rings. The third-order valence-electron chi connectivity index (χ3n) is 6.10. The van der Waals surface area contributed by atoms with E-state index in [9.17, 15) is 39.6 Å². The highest BCUT2D eigenvalue weighted by molar-refractivity contribution is 7.91. The summed E-state index contributed by atoms with van der Waals surface area (Å²) in [5.74, 6) is -1.57. The molecule has 206 valence electrons. The number of likely N-dealkylation sites (tertiary alicyclic amines) is 1. The molecule has 0 spiro atoms. The number of hydrogen-bond acceptors (Lipinski definition) is 6. The van der Waals surface area contributed by atoms with Crippen molar-refractivity contribution in [2.45, 2.75) is 30.0 Å². The Kier molecular flexibility index (Phi) is 6.70. The maximum atomic E-state index is 15.1. The molecule has 1 saturated heterocycles. The lowest BCUT2D eigenvalue weighted by molar-refractivity contribution is -0.276. The number of amides is 1. The standard InChI is InChI=1S/C22H17ClF7N3O4S/c1-38(35,36)9-18(34)33-10-19(24,11-33)17-5-2-12(8-31-17)16-7-20(37-32-16,22(28,29)30)13-3-4-15(23)14(6-13)21(25,26)27/h2-6,8H,7,9-11H2,1H3. The molecule has 0 bridgehead atoms. The van der Waals surface area contributed by atoms with Crippen LogP contribution in [0, 0.1) is 0 Å². The van der Waals surface area contributed by atoms with Gasteiger partial charge in [-0.15, -0.1) is 0 Å². The molecular weight excluding hydrogens is 571 g/mol. The zero-order valence-corrected chi connectivity index (χ0v) is 20.8. The van der Waals surface area contributed by atoms with Crippen molar-refractivity contribution in [1.82, 2.24) is 9.88 Å². The topological polar surface area (TPSA) is 88.9 Å². The van der Waals surface area contributed by atoms with E-state index in [1.807, 2.05) is 0 Å². The first kappa shape index (κ1) is 28.1. The maximum Gasteiger partial charge on any atom is 0.435 e. The molecular formula is C22H17ClF7N3O4S. The number of alkyl halides is 7. The molecule has 16 heteroatoms. The first-order valence-corrected chi connectivity index (χ1v) is 13.1. The fourth-order valence-electron chi connectivity index (χ4n) is 4.09. The summed E-state index contributed by atoms with van der Waals surface area (Å²) < 4.78 is 120. The highest BCUT2D eigenvalue weighted by Crippen LogP contribution is 2.50. The molecule has 38 heavy (non-hydrogen) atoms. The van der Waals surface area contributed by atoms with Gasteiger partial charge in [0.25, 0.3) is 5.60 Å². The number of rotatable bonds is 5. The number of benzene rings is 1. The zero-order valence-electron chi connectivity index (χ0n) is 19.2. The number of pyridine rings is 1. The highest BCUT2D eigenvalue weighted by atomic mass is 35.5. The molecule has 1 atom stereocenters. The van der Waals surface area contributed by atoms with Crippen molar-refractivity contribution in [3.05, 3.63) is 63.9 Å². The number of nitrogens with zero attached hydrogens (tertiary/aromatic N) is 3. The Morgan fingerprint density at radius 1 is 1.13 bits per heavy atom. The van der Waals surface area contributed by atoms with Gasteiger partial charge >= 0.3 is 12.4 Å². The van der Waals surface area contributed by atoms with Gasteiger partial charge in [-0.1, -0.05) is 22.8 Å². The third-order valence-corrected chi connectivity index (χ3v) is 7.20. The van der Waals surface area contributed by atoms with Crippen LogP contribution in [0.25, 0.3) is 0 Å². The van der Waals surface area contributed by atoms with Crippen molar-refractivity contribution >= 4 is 33.1 Å². The lowest BCUT2D eigenvalue weighted by Gasteiger charge is -2.43. The van der Waals surface area contributed by atoms with Crippen LogP contribution in [-0.4, -0.2) is 61.2 Å². The van der Waals surface area contributed by atoms with E-state index in [1.165, 1.54) is 6.07 Å². The van der Waals surface area contributed by atoms with Crippen LogP contribution >= 0.6 is 11.6 Å². The predicted molar refractivity (Wildman–Crippen MR) is 120 cm³/mol.